The highest BCUT2D eigenvalue weighted by Gasteiger charge is 2.20. The lowest BCUT2D eigenvalue weighted by Crippen LogP contribution is -2.34. The van der Waals surface area contributed by atoms with Crippen LogP contribution in [0.15, 0.2) is 18.3 Å². The van der Waals surface area contributed by atoms with Crippen molar-refractivity contribution in [2.75, 3.05) is 25.1 Å². The van der Waals surface area contributed by atoms with Gasteiger partial charge in [0.05, 0.1) is 7.11 Å². The lowest BCUT2D eigenvalue weighted by Gasteiger charge is -2.25. The summed E-state index contributed by atoms with van der Waals surface area (Å²) in [4.78, 5) is 28.3. The summed E-state index contributed by atoms with van der Waals surface area (Å²) in [7, 11) is 1.28. The third-order valence-corrected chi connectivity index (χ3v) is 2.40. The number of carbonyl (C=O) groups is 2. The standard InChI is InChI=1S/C13H18N2O4/c1-9(2)7-15(8-11(16)17)12-10(13(18)19-3)5-4-6-14-12/h4-6,9H,7-8H2,1-3H3,(H,16,17). The number of carboxylic acids is 1. The molecular formula is C13H18N2O4. The zero-order valence-corrected chi connectivity index (χ0v) is 11.3. The van der Waals surface area contributed by atoms with Crippen molar-refractivity contribution in [3.8, 4) is 0 Å². The monoisotopic (exact) mass is 266 g/mol. The van der Waals surface area contributed by atoms with Gasteiger partial charge in [0.2, 0.25) is 0 Å². The fourth-order valence-corrected chi connectivity index (χ4v) is 1.75. The second-order valence-corrected chi connectivity index (χ2v) is 4.53. The molecule has 0 amide bonds. The molecular weight excluding hydrogens is 248 g/mol. The number of anilines is 1. The third kappa shape index (κ3) is 4.24. The fourth-order valence-electron chi connectivity index (χ4n) is 1.75. The molecule has 1 N–H and O–H groups in total. The summed E-state index contributed by atoms with van der Waals surface area (Å²) >= 11 is 0. The number of aliphatic carboxylic acids is 1. The fraction of sp³-hybridized carbons (Fsp3) is 0.462. The Labute approximate surface area is 112 Å². The van der Waals surface area contributed by atoms with Crippen LogP contribution in [0, 0.1) is 5.92 Å². The van der Waals surface area contributed by atoms with E-state index in [-0.39, 0.29) is 18.0 Å². The topological polar surface area (TPSA) is 79.7 Å². The molecule has 0 saturated heterocycles. The van der Waals surface area contributed by atoms with Crippen LogP contribution in [0.4, 0.5) is 5.82 Å². The lowest BCUT2D eigenvalue weighted by molar-refractivity contribution is -0.135. The highest BCUT2D eigenvalue weighted by molar-refractivity contribution is 5.95. The third-order valence-electron chi connectivity index (χ3n) is 2.40. The van der Waals surface area contributed by atoms with E-state index in [9.17, 15) is 9.59 Å². The molecule has 1 rings (SSSR count). The second kappa shape index (κ2) is 6.72. The van der Waals surface area contributed by atoms with Gasteiger partial charge in [-0.2, -0.15) is 0 Å². The van der Waals surface area contributed by atoms with E-state index in [2.05, 4.69) is 9.72 Å². The maximum atomic E-state index is 11.7. The quantitative estimate of drug-likeness (QED) is 0.784. The molecule has 6 heteroatoms. The highest BCUT2D eigenvalue weighted by Crippen LogP contribution is 2.19. The van der Waals surface area contributed by atoms with E-state index < -0.39 is 11.9 Å². The van der Waals surface area contributed by atoms with Gasteiger partial charge in [0, 0.05) is 12.7 Å². The van der Waals surface area contributed by atoms with Gasteiger partial charge in [0.15, 0.2) is 0 Å². The molecule has 0 aliphatic carbocycles. The number of hydrogen-bond acceptors (Lipinski definition) is 5. The molecule has 0 bridgehead atoms. The van der Waals surface area contributed by atoms with Gasteiger partial charge in [0.25, 0.3) is 0 Å². The van der Waals surface area contributed by atoms with E-state index in [0.29, 0.717) is 12.4 Å². The Kier molecular flexibility index (Phi) is 5.29. The van der Waals surface area contributed by atoms with Crippen LogP contribution in [0.5, 0.6) is 0 Å². The molecule has 0 aliphatic rings. The molecule has 6 nitrogen and oxygen atoms in total. The summed E-state index contributed by atoms with van der Waals surface area (Å²) in [6, 6.07) is 3.19. The average molecular weight is 266 g/mol. The van der Waals surface area contributed by atoms with E-state index >= 15 is 0 Å². The first-order valence-electron chi connectivity index (χ1n) is 5.95. The van der Waals surface area contributed by atoms with Gasteiger partial charge in [-0.3, -0.25) is 4.79 Å². The van der Waals surface area contributed by atoms with E-state index in [1.807, 2.05) is 13.8 Å². The largest absolute Gasteiger partial charge is 0.480 e. The van der Waals surface area contributed by atoms with Crippen molar-refractivity contribution in [2.24, 2.45) is 5.92 Å². The first-order valence-corrected chi connectivity index (χ1v) is 5.95. The van der Waals surface area contributed by atoms with E-state index in [1.165, 1.54) is 13.3 Å². The molecule has 0 radical (unpaired) electrons. The molecule has 1 heterocycles. The van der Waals surface area contributed by atoms with Gasteiger partial charge >= 0.3 is 11.9 Å². The van der Waals surface area contributed by atoms with Gasteiger partial charge in [-0.25, -0.2) is 9.78 Å². The smallest absolute Gasteiger partial charge is 0.341 e. The number of nitrogens with zero attached hydrogens (tertiary/aromatic N) is 2. The first kappa shape index (κ1) is 14.9. The summed E-state index contributed by atoms with van der Waals surface area (Å²) in [6.07, 6.45) is 1.52. The van der Waals surface area contributed by atoms with Crippen molar-refractivity contribution in [1.82, 2.24) is 4.98 Å². The molecule has 1 aromatic rings. The molecule has 0 unspecified atom stereocenters. The van der Waals surface area contributed by atoms with Crippen LogP contribution in [0.2, 0.25) is 0 Å². The van der Waals surface area contributed by atoms with Crippen molar-refractivity contribution in [2.45, 2.75) is 13.8 Å². The second-order valence-electron chi connectivity index (χ2n) is 4.53. The molecule has 1 aromatic heterocycles. The predicted octanol–water partition coefficient (Wildman–Crippen LogP) is 1.42. The number of esters is 1. The maximum absolute atomic E-state index is 11.7. The van der Waals surface area contributed by atoms with Crippen molar-refractivity contribution in [3.63, 3.8) is 0 Å². The molecule has 0 spiro atoms. The summed E-state index contributed by atoms with van der Waals surface area (Å²) in [5, 5.41) is 8.96. The zero-order chi connectivity index (χ0) is 14.4. The van der Waals surface area contributed by atoms with Gasteiger partial charge in [-0.15, -0.1) is 0 Å². The summed E-state index contributed by atoms with van der Waals surface area (Å²) in [5.41, 5.74) is 0.270. The van der Waals surface area contributed by atoms with Crippen molar-refractivity contribution in [3.05, 3.63) is 23.9 Å². The number of methoxy groups -OCH3 is 1. The van der Waals surface area contributed by atoms with Crippen LogP contribution in [-0.4, -0.2) is 42.2 Å². The van der Waals surface area contributed by atoms with Gasteiger partial charge < -0.3 is 14.7 Å². The average Bonchev–Trinajstić information content (AvgIpc) is 2.36. The number of carboxylic acid groups (broad SMARTS) is 1. The molecule has 0 fully saturated rings. The number of hydrogen-bond donors (Lipinski definition) is 1. The van der Waals surface area contributed by atoms with Crippen molar-refractivity contribution >= 4 is 17.8 Å². The number of pyridine rings is 1. The number of ether oxygens (including phenoxy) is 1. The summed E-state index contributed by atoms with van der Waals surface area (Å²) in [5.74, 6) is -0.915. The molecule has 0 atom stereocenters. The van der Waals surface area contributed by atoms with E-state index in [0.717, 1.165) is 0 Å². The molecule has 0 aromatic carbocycles. The zero-order valence-electron chi connectivity index (χ0n) is 11.3. The Hall–Kier alpha value is -2.11. The minimum absolute atomic E-state index is 0.209. The normalized spacial score (nSPS) is 10.3. The Morgan fingerprint density at radius 3 is 2.68 bits per heavy atom. The Morgan fingerprint density at radius 2 is 2.16 bits per heavy atom. The van der Waals surface area contributed by atoms with Crippen molar-refractivity contribution in [1.29, 1.82) is 0 Å². The predicted molar refractivity (Wildman–Crippen MR) is 70.3 cm³/mol. The van der Waals surface area contributed by atoms with Crippen molar-refractivity contribution < 1.29 is 19.4 Å². The highest BCUT2D eigenvalue weighted by atomic mass is 16.5. The lowest BCUT2D eigenvalue weighted by atomic mass is 10.1. The number of carbonyl (C=O) groups excluding carboxylic acids is 1. The van der Waals surface area contributed by atoms with Crippen LogP contribution >= 0.6 is 0 Å². The number of rotatable bonds is 6. The Morgan fingerprint density at radius 1 is 1.47 bits per heavy atom. The van der Waals surface area contributed by atoms with Gasteiger partial charge in [-0.05, 0) is 18.1 Å². The molecule has 104 valence electrons. The van der Waals surface area contributed by atoms with E-state index in [1.54, 1.807) is 17.0 Å². The minimum atomic E-state index is -0.970. The molecule has 0 aliphatic heterocycles. The Bertz CT molecular complexity index is 460. The van der Waals surface area contributed by atoms with Crippen LogP contribution in [-0.2, 0) is 9.53 Å². The van der Waals surface area contributed by atoms with Crippen LogP contribution in [0.25, 0.3) is 0 Å². The first-order chi connectivity index (χ1) is 8.95. The van der Waals surface area contributed by atoms with Gasteiger partial charge in [0.1, 0.15) is 17.9 Å². The van der Waals surface area contributed by atoms with Crippen LogP contribution < -0.4 is 4.90 Å². The molecule has 19 heavy (non-hydrogen) atoms. The summed E-state index contributed by atoms with van der Waals surface area (Å²) in [6.45, 7) is 4.22. The SMILES string of the molecule is COC(=O)c1cccnc1N(CC(=O)O)CC(C)C. The molecule has 0 saturated carbocycles. The van der Waals surface area contributed by atoms with Crippen LogP contribution in [0.1, 0.15) is 24.2 Å². The van der Waals surface area contributed by atoms with E-state index in [4.69, 9.17) is 5.11 Å². The van der Waals surface area contributed by atoms with Crippen LogP contribution in [0.3, 0.4) is 0 Å². The summed E-state index contributed by atoms with van der Waals surface area (Å²) < 4.78 is 4.68. The number of aromatic nitrogens is 1. The Balaban J connectivity index is 3.13. The van der Waals surface area contributed by atoms with Gasteiger partial charge in [-0.1, -0.05) is 13.8 Å². The minimum Gasteiger partial charge on any atom is -0.480 e. The maximum Gasteiger partial charge on any atom is 0.341 e.